The number of methoxy groups -OCH3 is 1. The molecule has 0 saturated carbocycles. The molecule has 0 aromatic heterocycles. The van der Waals surface area contributed by atoms with E-state index in [1.807, 2.05) is 6.07 Å². The Bertz CT molecular complexity index is 312. The minimum absolute atomic E-state index is 0.0310. The molecule has 3 nitrogen and oxygen atoms in total. The number of nitrogens with two attached hydrogens (primary N) is 1. The molecule has 3 heteroatoms. The zero-order chi connectivity index (χ0) is 9.26. The van der Waals surface area contributed by atoms with Gasteiger partial charge in [-0.05, 0) is 18.2 Å². The van der Waals surface area contributed by atoms with Gasteiger partial charge >= 0.3 is 0 Å². The van der Waals surface area contributed by atoms with Gasteiger partial charge in [0.25, 0.3) is 0 Å². The van der Waals surface area contributed by atoms with Crippen molar-refractivity contribution in [1.29, 1.82) is 0 Å². The largest absolute Gasteiger partial charge is 0.489 e. The Hall–Kier alpha value is -1.40. The minimum atomic E-state index is 0.0310. The van der Waals surface area contributed by atoms with E-state index in [2.05, 4.69) is 12.1 Å². The average Bonchev–Trinajstić information content (AvgIpc) is 2.18. The highest BCUT2D eigenvalue weighted by atomic mass is 16.5. The van der Waals surface area contributed by atoms with Crippen molar-refractivity contribution in [3.05, 3.63) is 23.8 Å². The molecule has 0 amide bonds. The number of rotatable bonds is 1. The quantitative estimate of drug-likeness (QED) is 0.698. The van der Waals surface area contributed by atoms with E-state index < -0.39 is 0 Å². The Morgan fingerprint density at radius 3 is 3.23 bits per heavy atom. The second kappa shape index (κ2) is 3.15. The van der Waals surface area contributed by atoms with Gasteiger partial charge < -0.3 is 15.2 Å². The van der Waals surface area contributed by atoms with Gasteiger partial charge in [-0.2, -0.15) is 0 Å². The Kier molecular flexibility index (Phi) is 1.99. The van der Waals surface area contributed by atoms with Crippen LogP contribution in [0.15, 0.2) is 6.07 Å². The maximum absolute atomic E-state index is 5.90. The first-order valence-corrected chi connectivity index (χ1v) is 4.21. The third-order valence-corrected chi connectivity index (χ3v) is 2.14. The highest BCUT2D eigenvalue weighted by molar-refractivity contribution is 5.38. The van der Waals surface area contributed by atoms with Crippen LogP contribution in [0.1, 0.15) is 18.0 Å². The summed E-state index contributed by atoms with van der Waals surface area (Å²) in [6.45, 7) is 0.658. The molecule has 2 rings (SSSR count). The molecule has 0 fully saturated rings. The summed E-state index contributed by atoms with van der Waals surface area (Å²) in [5, 5.41) is 0. The zero-order valence-electron chi connectivity index (χ0n) is 7.46. The lowest BCUT2D eigenvalue weighted by molar-refractivity contribution is 0.268. The highest BCUT2D eigenvalue weighted by Crippen LogP contribution is 2.30. The van der Waals surface area contributed by atoms with Gasteiger partial charge in [0.2, 0.25) is 0 Å². The van der Waals surface area contributed by atoms with Crippen LogP contribution >= 0.6 is 0 Å². The van der Waals surface area contributed by atoms with Crippen molar-refractivity contribution in [3.8, 4) is 11.5 Å². The fraction of sp³-hybridized carbons (Fsp3) is 0.400. The van der Waals surface area contributed by atoms with E-state index in [9.17, 15) is 0 Å². The Morgan fingerprint density at radius 2 is 2.46 bits per heavy atom. The molecule has 1 aromatic rings. The van der Waals surface area contributed by atoms with Crippen LogP contribution in [0, 0.1) is 12.1 Å². The molecule has 0 spiro atoms. The summed E-state index contributed by atoms with van der Waals surface area (Å²) in [5.41, 5.74) is 6.86. The molecular weight excluding hydrogens is 166 g/mol. The second-order valence-corrected chi connectivity index (χ2v) is 2.99. The van der Waals surface area contributed by atoms with Crippen LogP contribution in [0.25, 0.3) is 0 Å². The van der Waals surface area contributed by atoms with E-state index in [0.29, 0.717) is 18.1 Å². The third kappa shape index (κ3) is 1.41. The van der Waals surface area contributed by atoms with Crippen LogP contribution < -0.4 is 15.2 Å². The molecule has 1 aromatic carbocycles. The lowest BCUT2D eigenvalue weighted by Gasteiger charge is -2.21. The van der Waals surface area contributed by atoms with Crippen molar-refractivity contribution >= 4 is 0 Å². The van der Waals surface area contributed by atoms with Crippen LogP contribution in [0.5, 0.6) is 11.5 Å². The van der Waals surface area contributed by atoms with Gasteiger partial charge in [-0.15, -0.1) is 0 Å². The summed E-state index contributed by atoms with van der Waals surface area (Å²) >= 11 is 0. The van der Waals surface area contributed by atoms with Gasteiger partial charge in [0.15, 0.2) is 11.5 Å². The van der Waals surface area contributed by atoms with Gasteiger partial charge in [0.1, 0.15) is 0 Å². The standard InChI is InChI=1S/C10H11NO2/c1-12-7-2-3-10-8(6-7)9(11)4-5-13-10/h6,9H,4-5,11H2,1H3. The Labute approximate surface area is 77.5 Å². The fourth-order valence-electron chi connectivity index (χ4n) is 1.38. The van der Waals surface area contributed by atoms with Crippen molar-refractivity contribution in [2.45, 2.75) is 12.5 Å². The maximum Gasteiger partial charge on any atom is 0.175 e. The molecule has 0 saturated heterocycles. The van der Waals surface area contributed by atoms with Crippen LogP contribution in [0.2, 0.25) is 0 Å². The number of hydrogen-bond acceptors (Lipinski definition) is 3. The molecule has 1 unspecified atom stereocenters. The van der Waals surface area contributed by atoms with Crippen molar-refractivity contribution in [2.75, 3.05) is 13.7 Å². The number of fused-ring (bicyclic) bond motifs is 1. The summed E-state index contributed by atoms with van der Waals surface area (Å²) in [5.74, 6) is 1.36. The van der Waals surface area contributed by atoms with Crippen molar-refractivity contribution in [1.82, 2.24) is 0 Å². The Morgan fingerprint density at radius 1 is 1.62 bits per heavy atom. The molecule has 1 atom stereocenters. The van der Waals surface area contributed by atoms with Crippen molar-refractivity contribution in [3.63, 3.8) is 0 Å². The number of ether oxygens (including phenoxy) is 2. The molecule has 0 aliphatic carbocycles. The number of hydrogen-bond donors (Lipinski definition) is 1. The molecule has 1 aliphatic rings. The van der Waals surface area contributed by atoms with E-state index >= 15 is 0 Å². The van der Waals surface area contributed by atoms with Gasteiger partial charge in [-0.25, -0.2) is 0 Å². The fourth-order valence-corrected chi connectivity index (χ4v) is 1.38. The lowest BCUT2D eigenvalue weighted by atomic mass is 10.0. The molecule has 1 heterocycles. The van der Waals surface area contributed by atoms with Gasteiger partial charge in [0, 0.05) is 18.0 Å². The average molecular weight is 177 g/mol. The van der Waals surface area contributed by atoms with Gasteiger partial charge in [0.05, 0.1) is 13.7 Å². The molecular formula is C10H11NO2. The molecule has 13 heavy (non-hydrogen) atoms. The first-order chi connectivity index (χ1) is 6.31. The lowest BCUT2D eigenvalue weighted by Crippen LogP contribution is -2.20. The summed E-state index contributed by atoms with van der Waals surface area (Å²) in [4.78, 5) is 0. The van der Waals surface area contributed by atoms with Crippen LogP contribution in [0.4, 0.5) is 0 Å². The van der Waals surface area contributed by atoms with E-state index in [4.69, 9.17) is 15.2 Å². The van der Waals surface area contributed by atoms with Gasteiger partial charge in [-0.1, -0.05) is 0 Å². The zero-order valence-corrected chi connectivity index (χ0v) is 7.46. The van der Waals surface area contributed by atoms with Crippen molar-refractivity contribution < 1.29 is 9.47 Å². The summed E-state index contributed by atoms with van der Waals surface area (Å²) in [6, 6.07) is 7.61. The van der Waals surface area contributed by atoms with E-state index in [1.54, 1.807) is 7.11 Å². The Balaban J connectivity index is 2.41. The third-order valence-electron chi connectivity index (χ3n) is 2.14. The highest BCUT2D eigenvalue weighted by Gasteiger charge is 2.18. The van der Waals surface area contributed by atoms with E-state index in [1.165, 1.54) is 0 Å². The topological polar surface area (TPSA) is 44.5 Å². The van der Waals surface area contributed by atoms with E-state index in [-0.39, 0.29) is 6.04 Å². The first-order valence-electron chi connectivity index (χ1n) is 4.21. The second-order valence-electron chi connectivity index (χ2n) is 2.99. The summed E-state index contributed by atoms with van der Waals surface area (Å²) in [7, 11) is 1.60. The molecule has 1 aliphatic heterocycles. The molecule has 68 valence electrons. The van der Waals surface area contributed by atoms with E-state index in [0.717, 1.165) is 12.0 Å². The van der Waals surface area contributed by atoms with Crippen LogP contribution in [0.3, 0.4) is 0 Å². The molecule has 2 N–H and O–H groups in total. The normalized spacial score (nSPS) is 19.7. The SMILES string of the molecule is COc1c#cc2c(c1)C(N)CCO2. The maximum atomic E-state index is 5.90. The van der Waals surface area contributed by atoms with Gasteiger partial charge in [-0.3, -0.25) is 0 Å². The molecule has 0 radical (unpaired) electrons. The smallest absolute Gasteiger partial charge is 0.175 e. The summed E-state index contributed by atoms with van der Waals surface area (Å²) < 4.78 is 10.4. The van der Waals surface area contributed by atoms with Crippen LogP contribution in [-0.2, 0) is 0 Å². The predicted molar refractivity (Wildman–Crippen MR) is 47.7 cm³/mol. The first kappa shape index (κ1) is 8.21. The van der Waals surface area contributed by atoms with Crippen molar-refractivity contribution in [2.24, 2.45) is 5.73 Å². The summed E-state index contributed by atoms with van der Waals surface area (Å²) in [6.07, 6.45) is 0.841. The van der Waals surface area contributed by atoms with Crippen LogP contribution in [-0.4, -0.2) is 13.7 Å². The predicted octanol–water partition coefficient (Wildman–Crippen LogP) is 1.08. The molecule has 0 bridgehead atoms. The monoisotopic (exact) mass is 177 g/mol. The minimum Gasteiger partial charge on any atom is -0.489 e.